The zero-order chi connectivity index (χ0) is 26.0. The van der Waals surface area contributed by atoms with Gasteiger partial charge in [-0.05, 0) is 70.6 Å². The van der Waals surface area contributed by atoms with Crippen LogP contribution in [0.15, 0.2) is 60.8 Å². The van der Waals surface area contributed by atoms with Crippen molar-refractivity contribution in [2.24, 2.45) is 0 Å². The van der Waals surface area contributed by atoms with Gasteiger partial charge in [0.2, 0.25) is 0 Å². The van der Waals surface area contributed by atoms with E-state index in [4.69, 9.17) is 0 Å². The van der Waals surface area contributed by atoms with E-state index in [9.17, 15) is 0 Å². The fraction of sp³-hybridized carbons (Fsp3) is 0.694. The zero-order valence-corrected chi connectivity index (χ0v) is 24.6. The summed E-state index contributed by atoms with van der Waals surface area (Å²) in [6.07, 6.45) is 56.0. The molecule has 0 heterocycles. The fourth-order valence-electron chi connectivity index (χ4n) is 4.33. The molecule has 0 fully saturated rings. The van der Waals surface area contributed by atoms with Gasteiger partial charge in [-0.2, -0.15) is 0 Å². The van der Waals surface area contributed by atoms with Gasteiger partial charge in [-0.25, -0.2) is 0 Å². The van der Waals surface area contributed by atoms with Crippen molar-refractivity contribution in [3.8, 4) is 0 Å². The predicted molar refractivity (Wildman–Crippen MR) is 168 cm³/mol. The van der Waals surface area contributed by atoms with Crippen LogP contribution in [0.1, 0.15) is 162 Å². The van der Waals surface area contributed by atoms with E-state index in [2.05, 4.69) is 81.0 Å². The Bertz CT molecular complexity index is 530. The lowest BCUT2D eigenvalue weighted by atomic mass is 10.0. The van der Waals surface area contributed by atoms with Gasteiger partial charge in [0.15, 0.2) is 0 Å². The number of rotatable bonds is 28. The summed E-state index contributed by atoms with van der Waals surface area (Å²) in [4.78, 5) is 0. The van der Waals surface area contributed by atoms with Gasteiger partial charge in [-0.3, -0.25) is 0 Å². The molecule has 0 atom stereocenters. The normalized spacial score (nSPS) is 12.6. The molecule has 0 spiro atoms. The Labute approximate surface area is 228 Å². The average molecular weight is 496 g/mol. The van der Waals surface area contributed by atoms with Crippen molar-refractivity contribution in [2.45, 2.75) is 162 Å². The van der Waals surface area contributed by atoms with Gasteiger partial charge in [0.1, 0.15) is 0 Å². The molecule has 0 heteroatoms. The van der Waals surface area contributed by atoms with Crippen LogP contribution in [0.5, 0.6) is 0 Å². The highest BCUT2D eigenvalue weighted by Crippen LogP contribution is 2.13. The van der Waals surface area contributed by atoms with Crippen LogP contribution in [-0.2, 0) is 0 Å². The summed E-state index contributed by atoms with van der Waals surface area (Å²) in [5, 5.41) is 0. The fourth-order valence-corrected chi connectivity index (χ4v) is 4.33. The van der Waals surface area contributed by atoms with Crippen molar-refractivity contribution < 1.29 is 0 Å². The van der Waals surface area contributed by atoms with Gasteiger partial charge in [-0.15, -0.1) is 0 Å². The van der Waals surface area contributed by atoms with Crippen molar-refractivity contribution in [3.63, 3.8) is 0 Å². The van der Waals surface area contributed by atoms with Crippen molar-refractivity contribution in [1.29, 1.82) is 0 Å². The Kier molecular flexibility index (Phi) is 32.5. The summed E-state index contributed by atoms with van der Waals surface area (Å²) in [6.45, 7) is 4.45. The van der Waals surface area contributed by atoms with Gasteiger partial charge in [-0.1, -0.05) is 158 Å². The highest BCUT2D eigenvalue weighted by molar-refractivity contribution is 4.97. The first-order valence-electron chi connectivity index (χ1n) is 16.0. The molecule has 0 aromatic heterocycles. The second kappa shape index (κ2) is 33.7. The molecule has 0 aliphatic heterocycles. The van der Waals surface area contributed by atoms with E-state index in [0.717, 1.165) is 25.7 Å². The van der Waals surface area contributed by atoms with Crippen molar-refractivity contribution in [2.75, 3.05) is 0 Å². The minimum atomic E-state index is 1.08. The van der Waals surface area contributed by atoms with Crippen LogP contribution in [0.25, 0.3) is 0 Å². The molecular weight excluding hydrogens is 432 g/mol. The Balaban J connectivity index is 3.18. The van der Waals surface area contributed by atoms with Crippen LogP contribution in [0.2, 0.25) is 0 Å². The Hall–Kier alpha value is -1.30. The lowest BCUT2D eigenvalue weighted by Gasteiger charge is -2.03. The molecule has 0 saturated carbocycles. The van der Waals surface area contributed by atoms with Gasteiger partial charge in [0.25, 0.3) is 0 Å². The van der Waals surface area contributed by atoms with Crippen molar-refractivity contribution >= 4 is 0 Å². The van der Waals surface area contributed by atoms with Crippen LogP contribution >= 0.6 is 0 Å². The third-order valence-electron chi connectivity index (χ3n) is 6.67. The van der Waals surface area contributed by atoms with E-state index in [1.54, 1.807) is 0 Å². The van der Waals surface area contributed by atoms with Gasteiger partial charge >= 0.3 is 0 Å². The highest BCUT2D eigenvalue weighted by atomic mass is 14.0. The summed E-state index contributed by atoms with van der Waals surface area (Å²) < 4.78 is 0. The SMILES string of the molecule is CCC=CCC=CCC=CCCCCCCCC[CH]CCCCCCCC=CCC=CCCCCC. The standard InChI is InChI=1S/C36H63/c1-3-5-7-9-11-13-15-17-19-21-23-25-27-29-31-33-35-36-34-32-30-28-26-24-22-20-18-16-14-12-10-8-6-4-2/h5,7,11-14,17-20,36H,3-4,6,8-10,15-16,21-35H2,1-2H3. The monoisotopic (exact) mass is 495 g/mol. The summed E-state index contributed by atoms with van der Waals surface area (Å²) in [5.74, 6) is 0. The second-order valence-corrected chi connectivity index (χ2v) is 10.3. The van der Waals surface area contributed by atoms with Gasteiger partial charge in [0, 0.05) is 0 Å². The molecule has 1 radical (unpaired) electrons. The maximum Gasteiger partial charge on any atom is -0.0169 e. The Morgan fingerprint density at radius 2 is 0.639 bits per heavy atom. The molecular formula is C36H63. The first-order valence-corrected chi connectivity index (χ1v) is 16.0. The van der Waals surface area contributed by atoms with Crippen LogP contribution < -0.4 is 0 Å². The van der Waals surface area contributed by atoms with Crippen LogP contribution in [0, 0.1) is 6.42 Å². The first-order chi connectivity index (χ1) is 17.9. The smallest absolute Gasteiger partial charge is 0.0169 e. The number of allylic oxidation sites excluding steroid dienone is 10. The first kappa shape index (κ1) is 34.7. The summed E-state index contributed by atoms with van der Waals surface area (Å²) >= 11 is 0. The molecule has 36 heavy (non-hydrogen) atoms. The molecule has 0 saturated heterocycles. The molecule has 0 aliphatic carbocycles. The molecule has 0 aliphatic rings. The molecule has 207 valence electrons. The average Bonchev–Trinajstić information content (AvgIpc) is 2.89. The van der Waals surface area contributed by atoms with E-state index in [0.29, 0.717) is 0 Å². The van der Waals surface area contributed by atoms with Crippen molar-refractivity contribution in [1.82, 2.24) is 0 Å². The molecule has 0 N–H and O–H groups in total. The third-order valence-corrected chi connectivity index (χ3v) is 6.67. The maximum absolute atomic E-state index is 2.55. The van der Waals surface area contributed by atoms with E-state index in [1.807, 2.05) is 0 Å². The Morgan fingerprint density at radius 3 is 1.06 bits per heavy atom. The lowest BCUT2D eigenvalue weighted by molar-refractivity contribution is 0.579. The van der Waals surface area contributed by atoms with Gasteiger partial charge in [0.05, 0.1) is 0 Å². The van der Waals surface area contributed by atoms with E-state index in [1.165, 1.54) is 122 Å². The lowest BCUT2D eigenvalue weighted by Crippen LogP contribution is -1.84. The minimum Gasteiger partial charge on any atom is -0.0885 e. The summed E-state index contributed by atoms with van der Waals surface area (Å²) in [5.41, 5.74) is 0. The summed E-state index contributed by atoms with van der Waals surface area (Å²) in [6, 6.07) is 0. The number of hydrogen-bond acceptors (Lipinski definition) is 0. The van der Waals surface area contributed by atoms with Crippen LogP contribution in [-0.4, -0.2) is 0 Å². The highest BCUT2D eigenvalue weighted by Gasteiger charge is 1.94. The van der Waals surface area contributed by atoms with E-state index < -0.39 is 0 Å². The maximum atomic E-state index is 2.55. The number of unbranched alkanes of at least 4 members (excludes halogenated alkanes) is 18. The minimum absolute atomic E-state index is 1.08. The van der Waals surface area contributed by atoms with E-state index in [-0.39, 0.29) is 0 Å². The molecule has 0 aromatic rings. The summed E-state index contributed by atoms with van der Waals surface area (Å²) in [7, 11) is 0. The zero-order valence-electron chi connectivity index (χ0n) is 24.6. The third kappa shape index (κ3) is 32.7. The van der Waals surface area contributed by atoms with Gasteiger partial charge < -0.3 is 0 Å². The quantitative estimate of drug-likeness (QED) is 0.0747. The van der Waals surface area contributed by atoms with Crippen molar-refractivity contribution in [3.05, 3.63) is 67.2 Å². The molecule has 0 bridgehead atoms. The van der Waals surface area contributed by atoms with E-state index >= 15 is 0 Å². The number of hydrogen-bond donors (Lipinski definition) is 0. The molecule has 0 unspecified atom stereocenters. The molecule has 0 amide bonds. The Morgan fingerprint density at radius 1 is 0.306 bits per heavy atom. The predicted octanol–water partition coefficient (Wildman–Crippen LogP) is 13.0. The van der Waals surface area contributed by atoms with Crippen LogP contribution in [0.3, 0.4) is 0 Å². The molecule has 0 rings (SSSR count). The van der Waals surface area contributed by atoms with Crippen LogP contribution in [0.4, 0.5) is 0 Å². The molecule has 0 aromatic carbocycles. The topological polar surface area (TPSA) is 0 Å². The molecule has 0 nitrogen and oxygen atoms in total. The largest absolute Gasteiger partial charge is 0.0885 e. The second-order valence-electron chi connectivity index (χ2n) is 10.3.